The molecule has 0 saturated carbocycles. The molecule has 20 heavy (non-hydrogen) atoms. The van der Waals surface area contributed by atoms with Crippen LogP contribution < -0.4 is 5.32 Å². The lowest BCUT2D eigenvalue weighted by atomic mass is 10.0. The molecule has 1 amide bonds. The Morgan fingerprint density at radius 2 is 1.90 bits per heavy atom. The van der Waals surface area contributed by atoms with Gasteiger partial charge in [0.15, 0.2) is 0 Å². The van der Waals surface area contributed by atoms with Crippen LogP contribution in [0.2, 0.25) is 13.7 Å². The Kier molecular flexibility index (Phi) is 3.91. The molecule has 1 aromatic carbocycles. The molecule has 1 N–H and O–H groups in total. The van der Waals surface area contributed by atoms with Crippen LogP contribution >= 0.6 is 57.7 Å². The molecule has 1 aliphatic rings. The maximum absolute atomic E-state index is 11.4. The second kappa shape index (κ2) is 5.39. The van der Waals surface area contributed by atoms with Crippen molar-refractivity contribution < 1.29 is 4.79 Å². The third-order valence-corrected chi connectivity index (χ3v) is 5.39. The molecule has 2 heterocycles. The van der Waals surface area contributed by atoms with Crippen LogP contribution in [0.15, 0.2) is 18.2 Å². The van der Waals surface area contributed by atoms with E-state index in [0.29, 0.717) is 20.1 Å². The molecule has 3 rings (SSSR count). The van der Waals surface area contributed by atoms with E-state index in [1.54, 1.807) is 12.1 Å². The summed E-state index contributed by atoms with van der Waals surface area (Å²) in [5, 5.41) is 2.74. The summed E-state index contributed by atoms with van der Waals surface area (Å²) in [5.41, 5.74) is 3.07. The predicted octanol–water partition coefficient (Wildman–Crippen LogP) is 5.53. The van der Waals surface area contributed by atoms with Gasteiger partial charge >= 0.3 is 0 Å². The molecule has 0 bridgehead atoms. The first-order valence-corrected chi connectivity index (χ1v) is 8.05. The van der Waals surface area contributed by atoms with Gasteiger partial charge in [0.2, 0.25) is 5.91 Å². The van der Waals surface area contributed by atoms with Gasteiger partial charge in [-0.2, -0.15) is 0 Å². The van der Waals surface area contributed by atoms with Gasteiger partial charge in [0.25, 0.3) is 0 Å². The predicted molar refractivity (Wildman–Crippen MR) is 85.8 cm³/mol. The van der Waals surface area contributed by atoms with Crippen molar-refractivity contribution in [2.45, 2.75) is 11.8 Å². The van der Waals surface area contributed by atoms with Crippen molar-refractivity contribution in [3.05, 3.63) is 48.6 Å². The molecule has 1 aromatic heterocycles. The molecule has 1 atom stereocenters. The van der Waals surface area contributed by atoms with E-state index in [4.69, 9.17) is 46.4 Å². The Hall–Kier alpha value is -0.450. The first-order chi connectivity index (χ1) is 9.45. The number of amides is 1. The monoisotopic (exact) mass is 365 g/mol. The largest absolute Gasteiger partial charge is 0.325 e. The number of carbonyl (C=O) groups excluding carboxylic acids is 1. The zero-order valence-electron chi connectivity index (χ0n) is 9.84. The van der Waals surface area contributed by atoms with Gasteiger partial charge in [-0.25, -0.2) is 0 Å². The number of thiophene rings is 1. The van der Waals surface area contributed by atoms with Crippen LogP contribution in [0, 0.1) is 0 Å². The molecular formula is C13H7Cl4NOS. The summed E-state index contributed by atoms with van der Waals surface area (Å²) < 4.78 is 1.12. The van der Waals surface area contributed by atoms with Crippen LogP contribution in [-0.2, 0) is 11.2 Å². The van der Waals surface area contributed by atoms with Gasteiger partial charge < -0.3 is 5.32 Å². The SMILES string of the molecule is O=C1Cc2cc(C(Cl)c3cc(Cl)sc3Cl)c(Cl)cc2N1. The van der Waals surface area contributed by atoms with Crippen molar-refractivity contribution in [2.75, 3.05) is 5.32 Å². The molecule has 0 radical (unpaired) electrons. The molecule has 7 heteroatoms. The van der Waals surface area contributed by atoms with Gasteiger partial charge in [0.1, 0.15) is 0 Å². The maximum atomic E-state index is 11.4. The van der Waals surface area contributed by atoms with Gasteiger partial charge in [-0.15, -0.1) is 22.9 Å². The van der Waals surface area contributed by atoms with E-state index in [2.05, 4.69) is 5.32 Å². The van der Waals surface area contributed by atoms with Crippen molar-refractivity contribution in [2.24, 2.45) is 0 Å². The number of carbonyl (C=O) groups is 1. The number of fused-ring (bicyclic) bond motifs is 1. The van der Waals surface area contributed by atoms with Gasteiger partial charge in [0, 0.05) is 16.3 Å². The minimum Gasteiger partial charge on any atom is -0.325 e. The van der Waals surface area contributed by atoms with Crippen LogP contribution in [0.25, 0.3) is 0 Å². The Morgan fingerprint density at radius 3 is 2.55 bits per heavy atom. The van der Waals surface area contributed by atoms with Crippen LogP contribution in [0.4, 0.5) is 5.69 Å². The third kappa shape index (κ3) is 2.53. The average Bonchev–Trinajstić information content (AvgIpc) is 2.88. The number of halogens is 4. The van der Waals surface area contributed by atoms with E-state index >= 15 is 0 Å². The minimum absolute atomic E-state index is 0.0454. The zero-order chi connectivity index (χ0) is 14.4. The van der Waals surface area contributed by atoms with E-state index in [9.17, 15) is 4.79 Å². The fraction of sp³-hybridized carbons (Fsp3) is 0.154. The Balaban J connectivity index is 2.04. The maximum Gasteiger partial charge on any atom is 0.228 e. The average molecular weight is 367 g/mol. The molecule has 1 unspecified atom stereocenters. The van der Waals surface area contributed by atoms with Gasteiger partial charge in [-0.1, -0.05) is 34.8 Å². The lowest BCUT2D eigenvalue weighted by Gasteiger charge is -2.13. The Labute approximate surface area is 139 Å². The molecule has 0 fully saturated rings. The quantitative estimate of drug-likeness (QED) is 0.695. The normalized spacial score (nSPS) is 15.1. The summed E-state index contributed by atoms with van der Waals surface area (Å²) in [5.74, 6) is -0.0454. The van der Waals surface area contributed by atoms with E-state index in [1.807, 2.05) is 6.07 Å². The molecule has 0 saturated heterocycles. The van der Waals surface area contributed by atoms with Crippen LogP contribution in [0.1, 0.15) is 22.1 Å². The summed E-state index contributed by atoms with van der Waals surface area (Å²) in [6.07, 6.45) is 0.335. The lowest BCUT2D eigenvalue weighted by Crippen LogP contribution is -2.03. The Morgan fingerprint density at radius 1 is 1.15 bits per heavy atom. The summed E-state index contributed by atoms with van der Waals surface area (Å²) in [6, 6.07) is 5.29. The summed E-state index contributed by atoms with van der Waals surface area (Å²) in [6.45, 7) is 0. The van der Waals surface area contributed by atoms with Gasteiger partial charge in [-0.05, 0) is 29.3 Å². The van der Waals surface area contributed by atoms with Crippen molar-refractivity contribution in [1.82, 2.24) is 0 Å². The lowest BCUT2D eigenvalue weighted by molar-refractivity contribution is -0.115. The first kappa shape index (κ1) is 14.5. The van der Waals surface area contributed by atoms with E-state index in [-0.39, 0.29) is 5.91 Å². The summed E-state index contributed by atoms with van der Waals surface area (Å²) in [4.78, 5) is 11.4. The molecule has 0 spiro atoms. The molecule has 2 aromatic rings. The van der Waals surface area contributed by atoms with Crippen molar-refractivity contribution in [1.29, 1.82) is 0 Å². The smallest absolute Gasteiger partial charge is 0.228 e. The highest BCUT2D eigenvalue weighted by Gasteiger charge is 2.24. The number of anilines is 1. The molecule has 0 aliphatic carbocycles. The number of nitrogens with one attached hydrogen (secondary N) is 1. The standard InChI is InChI=1S/C13H7Cl4NOS/c14-8-4-9-5(2-11(19)18-9)1-6(8)12(16)7-3-10(15)20-13(7)17/h1,3-4,12H,2H2,(H,18,19). The second-order valence-electron chi connectivity index (χ2n) is 4.40. The van der Waals surface area contributed by atoms with Crippen LogP contribution in [0.3, 0.4) is 0 Å². The van der Waals surface area contributed by atoms with Crippen LogP contribution in [0.5, 0.6) is 0 Å². The number of benzene rings is 1. The zero-order valence-corrected chi connectivity index (χ0v) is 13.7. The van der Waals surface area contributed by atoms with E-state index in [1.165, 1.54) is 11.3 Å². The minimum atomic E-state index is -0.500. The number of rotatable bonds is 2. The highest BCUT2D eigenvalue weighted by molar-refractivity contribution is 7.20. The topological polar surface area (TPSA) is 29.1 Å². The van der Waals surface area contributed by atoms with Crippen molar-refractivity contribution in [3.8, 4) is 0 Å². The molecule has 2 nitrogen and oxygen atoms in total. The fourth-order valence-corrected chi connectivity index (χ4v) is 4.49. The van der Waals surface area contributed by atoms with Crippen molar-refractivity contribution >= 4 is 69.3 Å². The van der Waals surface area contributed by atoms with Gasteiger partial charge in [-0.3, -0.25) is 4.79 Å². The van der Waals surface area contributed by atoms with E-state index < -0.39 is 5.38 Å². The highest BCUT2D eigenvalue weighted by Crippen LogP contribution is 2.44. The first-order valence-electron chi connectivity index (χ1n) is 5.66. The molecule has 104 valence electrons. The third-order valence-electron chi connectivity index (χ3n) is 3.08. The number of alkyl halides is 1. The summed E-state index contributed by atoms with van der Waals surface area (Å²) in [7, 11) is 0. The number of hydrogen-bond donors (Lipinski definition) is 1. The molecule has 1 aliphatic heterocycles. The van der Waals surface area contributed by atoms with Gasteiger partial charge in [0.05, 0.1) is 20.5 Å². The second-order valence-corrected chi connectivity index (χ2v) is 7.53. The van der Waals surface area contributed by atoms with Crippen molar-refractivity contribution in [3.63, 3.8) is 0 Å². The highest BCUT2D eigenvalue weighted by atomic mass is 35.5. The fourth-order valence-electron chi connectivity index (χ4n) is 2.15. The summed E-state index contributed by atoms with van der Waals surface area (Å²) >= 11 is 26.0. The van der Waals surface area contributed by atoms with E-state index in [0.717, 1.165) is 22.4 Å². The number of hydrogen-bond acceptors (Lipinski definition) is 2. The van der Waals surface area contributed by atoms with Crippen LogP contribution in [-0.4, -0.2) is 5.91 Å². The Bertz CT molecular complexity index is 713. The molecular weight excluding hydrogens is 360 g/mol.